The fourth-order valence-corrected chi connectivity index (χ4v) is 5.39. The van der Waals surface area contributed by atoms with Crippen LogP contribution in [0, 0.1) is 5.92 Å². The Morgan fingerprint density at radius 3 is 2.80 bits per heavy atom. The molecule has 1 amide bonds. The van der Waals surface area contributed by atoms with Crippen LogP contribution in [0.5, 0.6) is 0 Å². The summed E-state index contributed by atoms with van der Waals surface area (Å²) in [7, 11) is 0. The molecule has 0 saturated carbocycles. The molecule has 2 aliphatic rings. The second-order valence-corrected chi connectivity index (χ2v) is 8.18. The number of amides is 1. The summed E-state index contributed by atoms with van der Waals surface area (Å²) in [5.41, 5.74) is 1.22. The SMILES string of the molecule is O=C[C@@H]1CSNC1C(=O)C1CSCN1C(=O)CCCc1ccccc1. The first-order chi connectivity index (χ1) is 12.2. The van der Waals surface area contributed by atoms with Crippen LogP contribution >= 0.6 is 23.7 Å². The molecule has 0 bridgehead atoms. The first-order valence-corrected chi connectivity index (χ1v) is 10.6. The molecule has 0 radical (unpaired) electrons. The number of aldehydes is 1. The van der Waals surface area contributed by atoms with Crippen molar-refractivity contribution >= 4 is 41.7 Å². The Kier molecular flexibility index (Phi) is 6.56. The van der Waals surface area contributed by atoms with Crippen LogP contribution in [-0.4, -0.2) is 52.3 Å². The summed E-state index contributed by atoms with van der Waals surface area (Å²) >= 11 is 3.02. The first kappa shape index (κ1) is 18.5. The smallest absolute Gasteiger partial charge is 0.223 e. The number of Topliss-reactive ketones (excluding diaryl/α,β-unsaturated/α-hetero) is 1. The molecule has 1 aromatic carbocycles. The van der Waals surface area contributed by atoms with Crippen molar-refractivity contribution in [3.63, 3.8) is 0 Å². The number of carbonyl (C=O) groups is 3. The van der Waals surface area contributed by atoms with Crippen molar-refractivity contribution in [1.29, 1.82) is 0 Å². The molecule has 3 rings (SSSR count). The minimum atomic E-state index is -0.467. The molecule has 5 nitrogen and oxygen atoms in total. The molecular formula is C18H22N2O3S2. The predicted octanol–water partition coefficient (Wildman–Crippen LogP) is 1.91. The number of thioether (sulfide) groups is 1. The summed E-state index contributed by atoms with van der Waals surface area (Å²) in [6, 6.07) is 9.22. The number of nitrogens with zero attached hydrogens (tertiary/aromatic N) is 1. The van der Waals surface area contributed by atoms with Crippen molar-refractivity contribution in [1.82, 2.24) is 9.62 Å². The summed E-state index contributed by atoms with van der Waals surface area (Å²) in [4.78, 5) is 38.2. The van der Waals surface area contributed by atoms with E-state index >= 15 is 0 Å². The quantitative estimate of drug-likeness (QED) is 0.578. The van der Waals surface area contributed by atoms with Crippen molar-refractivity contribution in [3.8, 4) is 0 Å². The third-order valence-electron chi connectivity index (χ3n) is 4.63. The van der Waals surface area contributed by atoms with E-state index in [1.165, 1.54) is 17.5 Å². The highest BCUT2D eigenvalue weighted by atomic mass is 32.2. The molecule has 2 fully saturated rings. The Hall–Kier alpha value is -1.31. The Balaban J connectivity index is 1.54. The molecule has 1 N–H and O–H groups in total. The number of hydrogen-bond acceptors (Lipinski definition) is 6. The molecule has 7 heteroatoms. The molecule has 0 aromatic heterocycles. The van der Waals surface area contributed by atoms with Gasteiger partial charge in [-0.05, 0) is 18.4 Å². The zero-order valence-corrected chi connectivity index (χ0v) is 15.6. The highest BCUT2D eigenvalue weighted by molar-refractivity contribution is 7.99. The fourth-order valence-electron chi connectivity index (χ4n) is 3.17. The standard InChI is InChI=1S/C18H22N2O3S2/c21-9-14-10-25-19-17(14)18(23)15-11-24-12-20(15)16(22)8-4-7-13-5-2-1-3-6-13/h1-3,5-6,9,14-15,17,19H,4,7-8,10-12H2/t14-,15?,17?/m1/s1. The average molecular weight is 379 g/mol. The first-order valence-electron chi connectivity index (χ1n) is 8.48. The van der Waals surface area contributed by atoms with Gasteiger partial charge in [0.2, 0.25) is 5.91 Å². The van der Waals surface area contributed by atoms with E-state index in [-0.39, 0.29) is 17.6 Å². The van der Waals surface area contributed by atoms with Gasteiger partial charge in [-0.1, -0.05) is 42.3 Å². The van der Waals surface area contributed by atoms with E-state index < -0.39 is 12.1 Å². The highest BCUT2D eigenvalue weighted by Gasteiger charge is 2.42. The molecule has 0 spiro atoms. The van der Waals surface area contributed by atoms with Crippen LogP contribution in [0.15, 0.2) is 30.3 Å². The maximum Gasteiger partial charge on any atom is 0.223 e. The molecule has 25 heavy (non-hydrogen) atoms. The van der Waals surface area contributed by atoms with E-state index in [1.807, 2.05) is 18.2 Å². The lowest BCUT2D eigenvalue weighted by atomic mass is 9.95. The van der Waals surface area contributed by atoms with Gasteiger partial charge in [-0.3, -0.25) is 14.3 Å². The Labute approximate surface area is 156 Å². The Morgan fingerprint density at radius 1 is 1.24 bits per heavy atom. The van der Waals surface area contributed by atoms with Crippen LogP contribution in [-0.2, 0) is 20.8 Å². The largest absolute Gasteiger partial charge is 0.322 e. The normalized spacial score (nSPS) is 25.9. The predicted molar refractivity (Wildman–Crippen MR) is 101 cm³/mol. The van der Waals surface area contributed by atoms with Crippen molar-refractivity contribution < 1.29 is 14.4 Å². The van der Waals surface area contributed by atoms with E-state index in [0.29, 0.717) is 23.8 Å². The molecule has 2 unspecified atom stereocenters. The monoisotopic (exact) mass is 378 g/mol. The molecule has 2 heterocycles. The minimum absolute atomic E-state index is 0.0245. The fraction of sp³-hybridized carbons (Fsp3) is 0.500. The number of aryl methyl sites for hydroxylation is 1. The van der Waals surface area contributed by atoms with Crippen molar-refractivity contribution in [3.05, 3.63) is 35.9 Å². The van der Waals surface area contributed by atoms with Gasteiger partial charge >= 0.3 is 0 Å². The topological polar surface area (TPSA) is 66.5 Å². The highest BCUT2D eigenvalue weighted by Crippen LogP contribution is 2.28. The zero-order valence-electron chi connectivity index (χ0n) is 13.9. The van der Waals surface area contributed by atoms with E-state index in [2.05, 4.69) is 16.9 Å². The number of rotatable bonds is 7. The number of ketones is 1. The summed E-state index contributed by atoms with van der Waals surface area (Å²) in [6.45, 7) is 0. The van der Waals surface area contributed by atoms with E-state index in [0.717, 1.165) is 19.1 Å². The lowest BCUT2D eigenvalue weighted by Crippen LogP contribution is -2.50. The van der Waals surface area contributed by atoms with E-state index in [9.17, 15) is 14.4 Å². The van der Waals surface area contributed by atoms with Gasteiger partial charge in [0.1, 0.15) is 12.3 Å². The van der Waals surface area contributed by atoms with Gasteiger partial charge in [-0.25, -0.2) is 0 Å². The summed E-state index contributed by atoms with van der Waals surface area (Å²) in [5, 5.41) is 0. The van der Waals surface area contributed by atoms with Gasteiger partial charge < -0.3 is 9.69 Å². The summed E-state index contributed by atoms with van der Waals surface area (Å²) < 4.78 is 3.05. The van der Waals surface area contributed by atoms with Gasteiger partial charge in [0.25, 0.3) is 0 Å². The lowest BCUT2D eigenvalue weighted by molar-refractivity contribution is -0.138. The number of benzene rings is 1. The van der Waals surface area contributed by atoms with Crippen LogP contribution in [0.4, 0.5) is 0 Å². The van der Waals surface area contributed by atoms with Crippen molar-refractivity contribution in [2.24, 2.45) is 5.92 Å². The van der Waals surface area contributed by atoms with Gasteiger partial charge in [0, 0.05) is 23.8 Å². The van der Waals surface area contributed by atoms with Gasteiger partial charge in [0.15, 0.2) is 5.78 Å². The molecule has 2 saturated heterocycles. The summed E-state index contributed by atoms with van der Waals surface area (Å²) in [5.74, 6) is 1.52. The molecule has 2 aliphatic heterocycles. The van der Waals surface area contributed by atoms with Crippen molar-refractivity contribution in [2.45, 2.75) is 31.3 Å². The lowest BCUT2D eigenvalue weighted by Gasteiger charge is -2.26. The van der Waals surface area contributed by atoms with Crippen molar-refractivity contribution in [2.75, 3.05) is 17.4 Å². The maximum atomic E-state index is 12.8. The molecule has 3 atom stereocenters. The summed E-state index contributed by atoms with van der Waals surface area (Å²) in [6.07, 6.45) is 2.94. The molecule has 0 aliphatic carbocycles. The van der Waals surface area contributed by atoms with Crippen LogP contribution in [0.25, 0.3) is 0 Å². The number of carbonyl (C=O) groups excluding carboxylic acids is 3. The van der Waals surface area contributed by atoms with Crippen LogP contribution in [0.2, 0.25) is 0 Å². The van der Waals surface area contributed by atoms with Crippen LogP contribution in [0.1, 0.15) is 18.4 Å². The average Bonchev–Trinajstić information content (AvgIpc) is 3.31. The van der Waals surface area contributed by atoms with Crippen LogP contribution < -0.4 is 4.72 Å². The van der Waals surface area contributed by atoms with Gasteiger partial charge in [0.05, 0.1) is 11.9 Å². The third kappa shape index (κ3) is 4.46. The molecular weight excluding hydrogens is 356 g/mol. The molecule has 1 aromatic rings. The third-order valence-corrected chi connectivity index (χ3v) is 6.61. The zero-order chi connectivity index (χ0) is 17.6. The molecule has 134 valence electrons. The van der Waals surface area contributed by atoms with E-state index in [1.54, 1.807) is 16.7 Å². The maximum absolute atomic E-state index is 12.8. The minimum Gasteiger partial charge on any atom is -0.322 e. The Morgan fingerprint density at radius 2 is 2.04 bits per heavy atom. The van der Waals surface area contributed by atoms with Gasteiger partial charge in [-0.2, -0.15) is 0 Å². The number of nitrogens with one attached hydrogen (secondary N) is 1. The van der Waals surface area contributed by atoms with E-state index in [4.69, 9.17) is 0 Å². The number of hydrogen-bond donors (Lipinski definition) is 1. The van der Waals surface area contributed by atoms with Gasteiger partial charge in [-0.15, -0.1) is 11.8 Å². The second-order valence-electron chi connectivity index (χ2n) is 6.33. The Bertz CT molecular complexity index is 626. The second kappa shape index (κ2) is 8.87. The van der Waals surface area contributed by atoms with Crippen LogP contribution in [0.3, 0.4) is 0 Å².